The highest BCUT2D eigenvalue weighted by Crippen LogP contribution is 2.09. The molecule has 0 N–H and O–H groups in total. The highest BCUT2D eigenvalue weighted by Gasteiger charge is 1.89. The minimum Gasteiger partial charge on any atom is -0.103 e. The fraction of sp³-hybridized carbons (Fsp3) is 0.500. The van der Waals surface area contributed by atoms with Crippen LogP contribution in [0.5, 0.6) is 0 Å². The van der Waals surface area contributed by atoms with Gasteiger partial charge in [-0.15, -0.1) is 6.58 Å². The highest BCUT2D eigenvalue weighted by atomic mass is 13.9. The Bertz CT molecular complexity index is 151. The molecule has 0 spiro atoms. The predicted molar refractivity (Wildman–Crippen MR) is 57.2 cm³/mol. The van der Waals surface area contributed by atoms with E-state index in [-0.39, 0.29) is 0 Å². The molecule has 68 valence electrons. The van der Waals surface area contributed by atoms with Gasteiger partial charge in [0.05, 0.1) is 0 Å². The van der Waals surface area contributed by atoms with Crippen LogP contribution in [0.4, 0.5) is 0 Å². The molecule has 0 amide bonds. The molecule has 0 heteroatoms. The van der Waals surface area contributed by atoms with Gasteiger partial charge in [-0.3, -0.25) is 0 Å². The summed E-state index contributed by atoms with van der Waals surface area (Å²) in [4.78, 5) is 0. The first-order valence-corrected chi connectivity index (χ1v) is 4.77. The summed E-state index contributed by atoms with van der Waals surface area (Å²) in [6.07, 6.45) is 12.1. The van der Waals surface area contributed by atoms with E-state index in [0.717, 1.165) is 12.8 Å². The minimum atomic E-state index is 1.06. The molecule has 0 aliphatic heterocycles. The van der Waals surface area contributed by atoms with Gasteiger partial charge in [-0.1, -0.05) is 50.1 Å². The van der Waals surface area contributed by atoms with Gasteiger partial charge < -0.3 is 0 Å². The molecule has 0 aromatic carbocycles. The van der Waals surface area contributed by atoms with Crippen LogP contribution in [-0.2, 0) is 0 Å². The third-order valence-electron chi connectivity index (χ3n) is 1.86. The normalized spacial score (nSPS) is 11.2. The molecular weight excluding hydrogens is 144 g/mol. The molecule has 0 aliphatic rings. The Kier molecular flexibility index (Phi) is 7.78. The van der Waals surface area contributed by atoms with Crippen molar-refractivity contribution in [3.05, 3.63) is 37.0 Å². The van der Waals surface area contributed by atoms with Crippen LogP contribution in [0.2, 0.25) is 0 Å². The summed E-state index contributed by atoms with van der Waals surface area (Å²) >= 11 is 0. The Hall–Kier alpha value is -0.780. The molecule has 0 nitrogen and oxygen atoms in total. The van der Waals surface area contributed by atoms with Crippen molar-refractivity contribution in [2.75, 3.05) is 0 Å². The predicted octanol–water partition coefficient (Wildman–Crippen LogP) is 4.26. The lowest BCUT2D eigenvalue weighted by atomic mass is 10.1. The number of hydrogen-bond acceptors (Lipinski definition) is 0. The van der Waals surface area contributed by atoms with Crippen molar-refractivity contribution in [1.82, 2.24) is 0 Å². The highest BCUT2D eigenvalue weighted by molar-refractivity contribution is 5.16. The van der Waals surface area contributed by atoms with E-state index in [4.69, 9.17) is 0 Å². The van der Waals surface area contributed by atoms with Crippen molar-refractivity contribution in [2.45, 2.75) is 39.0 Å². The summed E-state index contributed by atoms with van der Waals surface area (Å²) in [6, 6.07) is 0. The maximum absolute atomic E-state index is 3.79. The van der Waals surface area contributed by atoms with Crippen molar-refractivity contribution in [3.8, 4) is 0 Å². The van der Waals surface area contributed by atoms with Gasteiger partial charge in [0.2, 0.25) is 0 Å². The number of allylic oxidation sites excluding steroid dienone is 4. The quantitative estimate of drug-likeness (QED) is 0.300. The van der Waals surface area contributed by atoms with Crippen LogP contribution in [0.25, 0.3) is 0 Å². The van der Waals surface area contributed by atoms with Gasteiger partial charge in [-0.25, -0.2) is 0 Å². The van der Waals surface area contributed by atoms with Crippen LogP contribution >= 0.6 is 0 Å². The van der Waals surface area contributed by atoms with Gasteiger partial charge in [-0.2, -0.15) is 0 Å². The Morgan fingerprint density at radius 3 is 2.50 bits per heavy atom. The van der Waals surface area contributed by atoms with Gasteiger partial charge in [0.15, 0.2) is 0 Å². The Morgan fingerprint density at radius 2 is 2.00 bits per heavy atom. The third-order valence-corrected chi connectivity index (χ3v) is 1.86. The smallest absolute Gasteiger partial charge is 0.0248 e. The first kappa shape index (κ1) is 11.2. The van der Waals surface area contributed by atoms with Crippen LogP contribution in [0.15, 0.2) is 37.0 Å². The molecule has 0 unspecified atom stereocenters. The molecular formula is C12H20. The average molecular weight is 164 g/mol. The van der Waals surface area contributed by atoms with Crippen molar-refractivity contribution in [2.24, 2.45) is 0 Å². The largest absolute Gasteiger partial charge is 0.103 e. The first-order valence-electron chi connectivity index (χ1n) is 4.77. The molecule has 12 heavy (non-hydrogen) atoms. The van der Waals surface area contributed by atoms with Crippen LogP contribution in [0.1, 0.15) is 39.0 Å². The molecule has 0 saturated carbocycles. The monoisotopic (exact) mass is 164 g/mol. The lowest BCUT2D eigenvalue weighted by Crippen LogP contribution is -1.78. The van der Waals surface area contributed by atoms with Crippen LogP contribution in [0.3, 0.4) is 0 Å². The maximum Gasteiger partial charge on any atom is -0.0248 e. The average Bonchev–Trinajstić information content (AvgIpc) is 2.11. The first-order chi connectivity index (χ1) is 5.85. The lowest BCUT2D eigenvalue weighted by molar-refractivity contribution is 0.808. The van der Waals surface area contributed by atoms with Gasteiger partial charge in [0.1, 0.15) is 0 Å². The van der Waals surface area contributed by atoms with Crippen molar-refractivity contribution < 1.29 is 0 Å². The number of unbranched alkanes of at least 4 members (excludes halogenated alkanes) is 2. The van der Waals surface area contributed by atoms with Gasteiger partial charge in [-0.05, 0) is 19.3 Å². The summed E-state index contributed by atoms with van der Waals surface area (Å²) in [7, 11) is 0. The van der Waals surface area contributed by atoms with E-state index in [0.29, 0.717) is 0 Å². The van der Waals surface area contributed by atoms with E-state index < -0.39 is 0 Å². The standard InChI is InChI=1S/C12H20/c1-4-7-9-11-12(6-3)10-8-5-2/h5-6,11H,2-4,7-10H2,1H3. The Balaban J connectivity index is 3.69. The van der Waals surface area contributed by atoms with Crippen LogP contribution in [-0.4, -0.2) is 0 Å². The molecule has 0 fully saturated rings. The third kappa shape index (κ3) is 5.96. The maximum atomic E-state index is 3.79. The Labute approximate surface area is 76.7 Å². The topological polar surface area (TPSA) is 0 Å². The zero-order chi connectivity index (χ0) is 9.23. The zero-order valence-corrected chi connectivity index (χ0v) is 8.18. The molecule has 0 rings (SSSR count). The van der Waals surface area contributed by atoms with Crippen molar-refractivity contribution in [3.63, 3.8) is 0 Å². The van der Waals surface area contributed by atoms with Crippen LogP contribution in [0, 0.1) is 0 Å². The van der Waals surface area contributed by atoms with E-state index in [9.17, 15) is 0 Å². The molecule has 0 saturated heterocycles. The summed E-state index contributed by atoms with van der Waals surface area (Å²) in [5.74, 6) is 0. The fourth-order valence-electron chi connectivity index (χ4n) is 1.05. The van der Waals surface area contributed by atoms with E-state index >= 15 is 0 Å². The molecule has 0 heterocycles. The molecule has 0 aromatic heterocycles. The van der Waals surface area contributed by atoms with E-state index in [1.54, 1.807) is 0 Å². The summed E-state index contributed by atoms with van der Waals surface area (Å²) < 4.78 is 0. The van der Waals surface area contributed by atoms with Crippen molar-refractivity contribution >= 4 is 0 Å². The van der Waals surface area contributed by atoms with Gasteiger partial charge in [0.25, 0.3) is 0 Å². The number of hydrogen-bond donors (Lipinski definition) is 0. The molecule has 0 radical (unpaired) electrons. The fourth-order valence-corrected chi connectivity index (χ4v) is 1.05. The number of rotatable bonds is 7. The molecule has 0 atom stereocenters. The molecule has 0 aliphatic carbocycles. The van der Waals surface area contributed by atoms with E-state index in [2.05, 4.69) is 26.2 Å². The second-order valence-corrected chi connectivity index (χ2v) is 2.95. The van der Waals surface area contributed by atoms with Crippen LogP contribution < -0.4 is 0 Å². The second-order valence-electron chi connectivity index (χ2n) is 2.95. The molecule has 0 aromatic rings. The minimum absolute atomic E-state index is 1.06. The SMILES string of the molecule is C=CCCC(C=C)=CCCCC. The zero-order valence-electron chi connectivity index (χ0n) is 8.18. The Morgan fingerprint density at radius 1 is 1.25 bits per heavy atom. The van der Waals surface area contributed by atoms with Gasteiger partial charge in [0, 0.05) is 0 Å². The van der Waals surface area contributed by atoms with Gasteiger partial charge >= 0.3 is 0 Å². The van der Waals surface area contributed by atoms with E-state index in [1.165, 1.54) is 24.8 Å². The second kappa shape index (κ2) is 8.32. The van der Waals surface area contributed by atoms with E-state index in [1.807, 2.05) is 12.2 Å². The van der Waals surface area contributed by atoms with Crippen molar-refractivity contribution in [1.29, 1.82) is 0 Å². The summed E-state index contributed by atoms with van der Waals surface area (Å²) in [6.45, 7) is 9.71. The molecule has 0 bridgehead atoms. The summed E-state index contributed by atoms with van der Waals surface area (Å²) in [5, 5.41) is 0. The lowest BCUT2D eigenvalue weighted by Gasteiger charge is -1.98. The summed E-state index contributed by atoms with van der Waals surface area (Å²) in [5.41, 5.74) is 1.36.